The molecule has 0 aliphatic heterocycles. The second kappa shape index (κ2) is 7.65. The van der Waals surface area contributed by atoms with Gasteiger partial charge >= 0.3 is 0 Å². The first-order valence-corrected chi connectivity index (χ1v) is 7.06. The topological polar surface area (TPSA) is 80.9 Å². The van der Waals surface area contributed by atoms with E-state index in [1.54, 1.807) is 0 Å². The van der Waals surface area contributed by atoms with Gasteiger partial charge in [-0.15, -0.1) is 0 Å². The number of aliphatic hydroxyl groups is 4. The van der Waals surface area contributed by atoms with Crippen LogP contribution in [-0.2, 0) is 0 Å². The van der Waals surface area contributed by atoms with E-state index >= 15 is 0 Å². The average molecular weight is 211 g/mol. The number of hydrogen-bond donors (Lipinski definition) is 4. The molecule has 0 amide bonds. The first-order chi connectivity index (χ1) is 6.24. The van der Waals surface area contributed by atoms with Crippen molar-refractivity contribution in [2.75, 3.05) is 51.1 Å². The normalized spacial score (nSPS) is 12.0. The Morgan fingerprint density at radius 1 is 0.538 bits per heavy atom. The highest BCUT2D eigenvalue weighted by Crippen LogP contribution is 2.57. The van der Waals surface area contributed by atoms with Gasteiger partial charge in [-0.3, -0.25) is 0 Å². The Hall–Kier alpha value is 0.270. The van der Waals surface area contributed by atoms with Crippen LogP contribution >= 0.6 is 7.26 Å². The van der Waals surface area contributed by atoms with E-state index in [-0.39, 0.29) is 26.4 Å². The van der Waals surface area contributed by atoms with Crippen LogP contribution in [0.5, 0.6) is 0 Å². The number of rotatable bonds is 8. The van der Waals surface area contributed by atoms with Gasteiger partial charge in [0.2, 0.25) is 0 Å². The summed E-state index contributed by atoms with van der Waals surface area (Å²) in [6.07, 6.45) is 2.53. The minimum Gasteiger partial charge on any atom is -0.393 e. The molecule has 0 aliphatic carbocycles. The zero-order chi connectivity index (χ0) is 10.2. The highest BCUT2D eigenvalue weighted by atomic mass is 31.2. The first kappa shape index (κ1) is 13.3. The van der Waals surface area contributed by atoms with Gasteiger partial charge < -0.3 is 20.4 Å². The van der Waals surface area contributed by atoms with E-state index < -0.39 is 7.26 Å². The molecule has 0 radical (unpaired) electrons. The van der Waals surface area contributed by atoms with Crippen LogP contribution in [-0.4, -0.2) is 71.5 Å². The molecule has 0 unspecified atom stereocenters. The van der Waals surface area contributed by atoms with Crippen molar-refractivity contribution in [1.82, 2.24) is 0 Å². The molecule has 0 atom stereocenters. The Balaban J connectivity index is 4.19. The van der Waals surface area contributed by atoms with Crippen LogP contribution in [0.3, 0.4) is 0 Å². The molecule has 80 valence electrons. The molecule has 0 saturated heterocycles. The molecule has 4 nitrogen and oxygen atoms in total. The van der Waals surface area contributed by atoms with Gasteiger partial charge in [0.15, 0.2) is 0 Å². The lowest BCUT2D eigenvalue weighted by molar-refractivity contribution is 0.302. The average Bonchev–Trinajstić information content (AvgIpc) is 2.06. The lowest BCUT2D eigenvalue weighted by Gasteiger charge is -2.24. The van der Waals surface area contributed by atoms with E-state index in [9.17, 15) is 0 Å². The Bertz CT molecular complexity index is 91.2. The molecule has 0 aromatic rings. The van der Waals surface area contributed by atoms with Gasteiger partial charge in [0.05, 0.1) is 51.1 Å². The molecule has 0 spiro atoms. The third-order valence-electron chi connectivity index (χ3n) is 2.30. The fourth-order valence-corrected chi connectivity index (χ4v) is 4.56. The van der Waals surface area contributed by atoms with Crippen molar-refractivity contribution in [3.63, 3.8) is 0 Å². The van der Waals surface area contributed by atoms with Crippen LogP contribution < -0.4 is 0 Å². The second-order valence-corrected chi connectivity index (χ2v) is 7.60. The van der Waals surface area contributed by atoms with E-state index in [0.717, 1.165) is 0 Å². The summed E-state index contributed by atoms with van der Waals surface area (Å²) in [7, 11) is -1.50. The van der Waals surface area contributed by atoms with Crippen LogP contribution in [0.4, 0.5) is 0 Å². The molecule has 0 rings (SSSR count). The zero-order valence-electron chi connectivity index (χ0n) is 7.89. The minimum atomic E-state index is -1.50. The fourth-order valence-electron chi connectivity index (χ4n) is 1.52. The summed E-state index contributed by atoms with van der Waals surface area (Å²) >= 11 is 0. The zero-order valence-corrected chi connectivity index (χ0v) is 8.79. The summed E-state index contributed by atoms with van der Waals surface area (Å²) in [5.74, 6) is 0. The van der Waals surface area contributed by atoms with Gasteiger partial charge in [0, 0.05) is 7.26 Å². The summed E-state index contributed by atoms with van der Waals surface area (Å²) in [5, 5.41) is 35.5. The molecule has 5 heteroatoms. The van der Waals surface area contributed by atoms with Crippen molar-refractivity contribution >= 4 is 7.26 Å². The van der Waals surface area contributed by atoms with E-state index in [2.05, 4.69) is 0 Å². The van der Waals surface area contributed by atoms with Gasteiger partial charge in [-0.1, -0.05) is 0 Å². The van der Waals surface area contributed by atoms with Gasteiger partial charge in [0.1, 0.15) is 0 Å². The van der Waals surface area contributed by atoms with Crippen molar-refractivity contribution < 1.29 is 20.4 Å². The molecule has 0 fully saturated rings. The quantitative estimate of drug-likeness (QED) is 0.387. The maximum absolute atomic E-state index is 8.86. The van der Waals surface area contributed by atoms with Gasteiger partial charge in [-0.05, 0) is 0 Å². The summed E-state index contributed by atoms with van der Waals surface area (Å²) in [6, 6.07) is 0. The molecule has 4 N–H and O–H groups in total. The fraction of sp³-hybridized carbons (Fsp3) is 1.00. The Labute approximate surface area is 79.6 Å². The molecule has 0 aliphatic rings. The largest absolute Gasteiger partial charge is 0.393 e. The standard InChI is InChI=1S/C8H20O4P/c9-1-5-13(6-2-10,7-3-11)8-4-12/h9-12H,1-8H2/q+1. The van der Waals surface area contributed by atoms with Crippen LogP contribution in [0.15, 0.2) is 0 Å². The van der Waals surface area contributed by atoms with Crippen LogP contribution in [0.25, 0.3) is 0 Å². The molecule has 13 heavy (non-hydrogen) atoms. The number of hydrogen-bond acceptors (Lipinski definition) is 4. The number of aliphatic hydroxyl groups excluding tert-OH is 4. The smallest absolute Gasteiger partial charge is 0.0827 e. The van der Waals surface area contributed by atoms with Crippen LogP contribution in [0, 0.1) is 0 Å². The van der Waals surface area contributed by atoms with Gasteiger partial charge in [0.25, 0.3) is 0 Å². The third kappa shape index (κ3) is 4.89. The van der Waals surface area contributed by atoms with Crippen LogP contribution in [0.2, 0.25) is 0 Å². The van der Waals surface area contributed by atoms with E-state index in [0.29, 0.717) is 24.6 Å². The Morgan fingerprint density at radius 2 is 0.769 bits per heavy atom. The third-order valence-corrected chi connectivity index (χ3v) is 6.89. The maximum atomic E-state index is 8.86. The Kier molecular flexibility index (Phi) is 7.81. The van der Waals surface area contributed by atoms with E-state index in [4.69, 9.17) is 20.4 Å². The van der Waals surface area contributed by atoms with Crippen molar-refractivity contribution in [1.29, 1.82) is 0 Å². The Morgan fingerprint density at radius 3 is 0.923 bits per heavy atom. The molecule has 0 saturated carbocycles. The lowest BCUT2D eigenvalue weighted by atomic mass is 10.8. The maximum Gasteiger partial charge on any atom is 0.0827 e. The lowest BCUT2D eigenvalue weighted by Crippen LogP contribution is -2.19. The van der Waals surface area contributed by atoms with Crippen molar-refractivity contribution in [2.45, 2.75) is 0 Å². The predicted molar refractivity (Wildman–Crippen MR) is 54.7 cm³/mol. The first-order valence-electron chi connectivity index (χ1n) is 4.53. The highest BCUT2D eigenvalue weighted by Gasteiger charge is 2.34. The molecule has 0 aromatic carbocycles. The summed E-state index contributed by atoms with van der Waals surface area (Å²) in [4.78, 5) is 0. The monoisotopic (exact) mass is 211 g/mol. The molecule has 0 aromatic heterocycles. The summed E-state index contributed by atoms with van der Waals surface area (Å²) in [6.45, 7) is 0.309. The summed E-state index contributed by atoms with van der Waals surface area (Å²) in [5.41, 5.74) is 0. The van der Waals surface area contributed by atoms with Crippen molar-refractivity contribution in [3.05, 3.63) is 0 Å². The molecule has 0 heterocycles. The van der Waals surface area contributed by atoms with Crippen molar-refractivity contribution in [3.8, 4) is 0 Å². The highest BCUT2D eigenvalue weighted by molar-refractivity contribution is 7.76. The minimum absolute atomic E-state index is 0.0772. The van der Waals surface area contributed by atoms with E-state index in [1.807, 2.05) is 0 Å². The van der Waals surface area contributed by atoms with Crippen molar-refractivity contribution in [2.24, 2.45) is 0 Å². The SMILES string of the molecule is OCC[P+](CCO)(CCO)CCO. The molecular formula is C8H20O4P+. The molecular weight excluding hydrogens is 191 g/mol. The van der Waals surface area contributed by atoms with Gasteiger partial charge in [-0.2, -0.15) is 0 Å². The van der Waals surface area contributed by atoms with E-state index in [1.165, 1.54) is 0 Å². The van der Waals surface area contributed by atoms with Crippen LogP contribution in [0.1, 0.15) is 0 Å². The predicted octanol–water partition coefficient (Wildman–Crippen LogP) is -1.03. The summed E-state index contributed by atoms with van der Waals surface area (Å²) < 4.78 is 0. The molecule has 0 bridgehead atoms. The van der Waals surface area contributed by atoms with Gasteiger partial charge in [-0.25, -0.2) is 0 Å². The second-order valence-electron chi connectivity index (χ2n) is 3.13.